The predicted molar refractivity (Wildman–Crippen MR) is 105 cm³/mol. The average molecular weight is 408 g/mol. The molecule has 7 heteroatoms. The van der Waals surface area contributed by atoms with Crippen LogP contribution in [-0.4, -0.2) is 31.2 Å². The average Bonchev–Trinajstić information content (AvgIpc) is 3.48. The maximum Gasteiger partial charge on any atom is 0.410 e. The van der Waals surface area contributed by atoms with Gasteiger partial charge in [0.1, 0.15) is 6.61 Å². The second-order valence-electron chi connectivity index (χ2n) is 6.76. The van der Waals surface area contributed by atoms with Gasteiger partial charge in [-0.15, -0.1) is 0 Å². The van der Waals surface area contributed by atoms with Crippen LogP contribution >= 0.6 is 10.7 Å². The third-order valence-electron chi connectivity index (χ3n) is 4.57. The van der Waals surface area contributed by atoms with Gasteiger partial charge in [-0.2, -0.15) is 0 Å². The molecule has 2 aromatic rings. The lowest BCUT2D eigenvalue weighted by Crippen LogP contribution is -2.44. The number of carbonyl (C=O) groups excluding carboxylic acids is 1. The van der Waals surface area contributed by atoms with E-state index in [1.165, 1.54) is 4.90 Å². The molecule has 1 amide bonds. The summed E-state index contributed by atoms with van der Waals surface area (Å²) in [7, 11) is 1.77. The van der Waals surface area contributed by atoms with E-state index < -0.39 is 21.2 Å². The molecule has 1 saturated carbocycles. The van der Waals surface area contributed by atoms with Gasteiger partial charge in [0, 0.05) is 17.2 Å². The van der Waals surface area contributed by atoms with Crippen molar-refractivity contribution in [2.24, 2.45) is 5.92 Å². The second kappa shape index (κ2) is 8.76. The van der Waals surface area contributed by atoms with Crippen molar-refractivity contribution >= 4 is 25.8 Å². The van der Waals surface area contributed by atoms with Crippen molar-refractivity contribution in [3.63, 3.8) is 0 Å². The van der Waals surface area contributed by atoms with E-state index in [-0.39, 0.29) is 24.8 Å². The highest BCUT2D eigenvalue weighted by Gasteiger charge is 2.40. The normalized spacial score (nSPS) is 15.1. The van der Waals surface area contributed by atoms with Crippen molar-refractivity contribution in [1.82, 2.24) is 4.90 Å². The Morgan fingerprint density at radius 1 is 1.04 bits per heavy atom. The first-order valence-electron chi connectivity index (χ1n) is 8.86. The molecule has 0 bridgehead atoms. The van der Waals surface area contributed by atoms with Crippen LogP contribution in [0.15, 0.2) is 60.7 Å². The molecule has 0 saturated heterocycles. The van der Waals surface area contributed by atoms with Crippen molar-refractivity contribution < 1.29 is 17.9 Å². The predicted octanol–water partition coefficient (Wildman–Crippen LogP) is 4.17. The van der Waals surface area contributed by atoms with E-state index in [1.54, 1.807) is 0 Å². The lowest BCUT2D eigenvalue weighted by atomic mass is 10.1. The van der Waals surface area contributed by atoms with Crippen LogP contribution < -0.4 is 0 Å². The van der Waals surface area contributed by atoms with E-state index in [1.807, 2.05) is 60.7 Å². The largest absolute Gasteiger partial charge is 0.445 e. The molecular formula is C20H22ClNO4S. The van der Waals surface area contributed by atoms with Crippen LogP contribution in [0.2, 0.25) is 0 Å². The van der Waals surface area contributed by atoms with Gasteiger partial charge in [-0.05, 0) is 29.9 Å². The van der Waals surface area contributed by atoms with Gasteiger partial charge in [-0.1, -0.05) is 60.7 Å². The van der Waals surface area contributed by atoms with Crippen molar-refractivity contribution in [2.75, 3.05) is 5.75 Å². The Balaban J connectivity index is 1.78. The summed E-state index contributed by atoms with van der Waals surface area (Å²) in [6.45, 7) is 0.415. The molecule has 2 aromatic carbocycles. The SMILES string of the molecule is O=C(OCc1ccccc1)N(Cc1ccccc1)C(CS(=O)(=O)Cl)C1CC1. The lowest BCUT2D eigenvalue weighted by molar-refractivity contribution is 0.0765. The van der Waals surface area contributed by atoms with Crippen molar-refractivity contribution in [2.45, 2.75) is 32.0 Å². The number of carbonyl (C=O) groups is 1. The molecule has 1 aliphatic carbocycles. The fourth-order valence-electron chi connectivity index (χ4n) is 3.07. The molecule has 5 nitrogen and oxygen atoms in total. The zero-order chi connectivity index (χ0) is 19.3. The van der Waals surface area contributed by atoms with Crippen LogP contribution in [0, 0.1) is 5.92 Å². The van der Waals surface area contributed by atoms with Crippen LogP contribution in [0.3, 0.4) is 0 Å². The van der Waals surface area contributed by atoms with Gasteiger partial charge >= 0.3 is 6.09 Å². The number of hydrogen-bond donors (Lipinski definition) is 0. The topological polar surface area (TPSA) is 63.7 Å². The van der Waals surface area contributed by atoms with Gasteiger partial charge in [0.2, 0.25) is 9.05 Å². The molecule has 1 atom stereocenters. The van der Waals surface area contributed by atoms with Gasteiger partial charge in [0.25, 0.3) is 0 Å². The van der Waals surface area contributed by atoms with Crippen molar-refractivity contribution in [3.05, 3.63) is 71.8 Å². The smallest absolute Gasteiger partial charge is 0.410 e. The Hall–Kier alpha value is -2.05. The molecule has 1 aliphatic rings. The molecule has 27 heavy (non-hydrogen) atoms. The number of amides is 1. The summed E-state index contributed by atoms with van der Waals surface area (Å²) in [4.78, 5) is 14.4. The van der Waals surface area contributed by atoms with Gasteiger partial charge in [-0.25, -0.2) is 13.2 Å². The van der Waals surface area contributed by atoms with Crippen molar-refractivity contribution in [3.8, 4) is 0 Å². The van der Waals surface area contributed by atoms with Gasteiger partial charge in [0.15, 0.2) is 0 Å². The zero-order valence-corrected chi connectivity index (χ0v) is 16.4. The minimum absolute atomic E-state index is 0.131. The molecule has 3 rings (SSSR count). The van der Waals surface area contributed by atoms with Gasteiger partial charge < -0.3 is 4.74 Å². The lowest BCUT2D eigenvalue weighted by Gasteiger charge is -2.30. The Morgan fingerprint density at radius 3 is 2.11 bits per heavy atom. The highest BCUT2D eigenvalue weighted by molar-refractivity contribution is 8.13. The summed E-state index contributed by atoms with van der Waals surface area (Å²) >= 11 is 0. The maximum atomic E-state index is 12.8. The molecule has 0 radical (unpaired) electrons. The summed E-state index contributed by atoms with van der Waals surface area (Å²) in [5.41, 5.74) is 1.78. The highest BCUT2D eigenvalue weighted by atomic mass is 35.7. The Labute approximate surface area is 164 Å². The number of rotatable bonds is 8. The summed E-state index contributed by atoms with van der Waals surface area (Å²) in [5, 5.41) is 0. The molecule has 0 spiro atoms. The van der Waals surface area contributed by atoms with Crippen LogP contribution in [0.25, 0.3) is 0 Å². The summed E-state index contributed by atoms with van der Waals surface area (Å²) in [5.74, 6) is -0.140. The molecule has 0 aromatic heterocycles. The fourth-order valence-corrected chi connectivity index (χ4v) is 4.31. The summed E-state index contributed by atoms with van der Waals surface area (Å²) in [6, 6.07) is 18.3. The number of hydrogen-bond acceptors (Lipinski definition) is 4. The van der Waals surface area contributed by atoms with Gasteiger partial charge in [-0.3, -0.25) is 4.90 Å². The first-order chi connectivity index (χ1) is 12.9. The maximum absolute atomic E-state index is 12.8. The van der Waals surface area contributed by atoms with E-state index in [9.17, 15) is 13.2 Å². The first-order valence-corrected chi connectivity index (χ1v) is 11.3. The van der Waals surface area contributed by atoms with Crippen LogP contribution in [-0.2, 0) is 26.9 Å². The first kappa shape index (κ1) is 19.7. The van der Waals surface area contributed by atoms with Crippen LogP contribution in [0.4, 0.5) is 4.79 Å². The molecule has 1 unspecified atom stereocenters. The molecule has 0 N–H and O–H groups in total. The van der Waals surface area contributed by atoms with E-state index in [0.29, 0.717) is 0 Å². The molecule has 144 valence electrons. The molecular weight excluding hydrogens is 386 g/mol. The van der Waals surface area contributed by atoms with Crippen LogP contribution in [0.5, 0.6) is 0 Å². The second-order valence-corrected chi connectivity index (χ2v) is 9.59. The quantitative estimate of drug-likeness (QED) is 0.616. The third-order valence-corrected chi connectivity index (χ3v) is 5.69. The summed E-state index contributed by atoms with van der Waals surface area (Å²) < 4.78 is 28.9. The number of nitrogens with zero attached hydrogens (tertiary/aromatic N) is 1. The van der Waals surface area contributed by atoms with E-state index in [4.69, 9.17) is 15.4 Å². The Morgan fingerprint density at radius 2 is 1.59 bits per heavy atom. The monoisotopic (exact) mass is 407 g/mol. The summed E-state index contributed by atoms with van der Waals surface area (Å²) in [6.07, 6.45) is 1.24. The minimum atomic E-state index is -3.74. The van der Waals surface area contributed by atoms with E-state index >= 15 is 0 Å². The van der Waals surface area contributed by atoms with E-state index in [0.717, 1.165) is 24.0 Å². The Kier molecular flexibility index (Phi) is 6.39. The molecule has 0 heterocycles. The Bertz CT molecular complexity index is 854. The third kappa shape index (κ3) is 6.26. The molecule has 1 fully saturated rings. The van der Waals surface area contributed by atoms with Gasteiger partial charge in [0.05, 0.1) is 11.8 Å². The highest BCUT2D eigenvalue weighted by Crippen LogP contribution is 2.37. The standard InChI is InChI=1S/C20H22ClNO4S/c21-27(24,25)15-19(18-11-12-18)22(13-16-7-3-1-4-8-16)20(23)26-14-17-9-5-2-6-10-17/h1-10,18-19H,11-15H2. The zero-order valence-electron chi connectivity index (χ0n) is 14.8. The minimum Gasteiger partial charge on any atom is -0.445 e. The number of benzene rings is 2. The number of ether oxygens (including phenoxy) is 1. The fraction of sp³-hybridized carbons (Fsp3) is 0.350. The van der Waals surface area contributed by atoms with Crippen LogP contribution in [0.1, 0.15) is 24.0 Å². The van der Waals surface area contributed by atoms with E-state index in [2.05, 4.69) is 0 Å². The van der Waals surface area contributed by atoms with Crippen molar-refractivity contribution in [1.29, 1.82) is 0 Å². The number of halogens is 1. The molecule has 0 aliphatic heterocycles.